The fourth-order valence-corrected chi connectivity index (χ4v) is 3.63. The van der Waals surface area contributed by atoms with Crippen LogP contribution in [0.3, 0.4) is 0 Å². The van der Waals surface area contributed by atoms with Crippen molar-refractivity contribution in [2.75, 3.05) is 33.9 Å². The van der Waals surface area contributed by atoms with Gasteiger partial charge in [0.2, 0.25) is 5.91 Å². The van der Waals surface area contributed by atoms with E-state index in [4.69, 9.17) is 4.74 Å². The summed E-state index contributed by atoms with van der Waals surface area (Å²) in [5.74, 6) is -0.0196. The molecule has 3 rings (SSSR count). The van der Waals surface area contributed by atoms with Gasteiger partial charge in [-0.25, -0.2) is 9.97 Å². The molecule has 0 saturated carbocycles. The summed E-state index contributed by atoms with van der Waals surface area (Å²) in [4.78, 5) is 25.5. The molecule has 8 heteroatoms. The highest BCUT2D eigenvalue weighted by molar-refractivity contribution is 7.09. The van der Waals surface area contributed by atoms with Gasteiger partial charge in [-0.2, -0.15) is 0 Å². The van der Waals surface area contributed by atoms with Crippen LogP contribution in [-0.4, -0.2) is 64.1 Å². The van der Waals surface area contributed by atoms with Crippen LogP contribution >= 0.6 is 11.3 Å². The van der Waals surface area contributed by atoms with Crippen molar-refractivity contribution in [2.24, 2.45) is 0 Å². The SMILES string of the molecule is Cc1ncsc1CN1Cc2cncn2C(COCC(=O)N(C)C)C1. The summed E-state index contributed by atoms with van der Waals surface area (Å²) in [6.45, 7) is 5.28. The Morgan fingerprint density at radius 3 is 3.04 bits per heavy atom. The maximum atomic E-state index is 11.7. The largest absolute Gasteiger partial charge is 0.369 e. The average Bonchev–Trinajstić information content (AvgIpc) is 3.16. The summed E-state index contributed by atoms with van der Waals surface area (Å²) in [6, 6.07) is 0.166. The van der Waals surface area contributed by atoms with Gasteiger partial charge < -0.3 is 14.2 Å². The fourth-order valence-electron chi connectivity index (χ4n) is 2.81. The van der Waals surface area contributed by atoms with Gasteiger partial charge in [0.05, 0.1) is 35.9 Å². The minimum absolute atomic E-state index is 0.0196. The third kappa shape index (κ3) is 3.82. The Morgan fingerprint density at radius 2 is 2.33 bits per heavy atom. The van der Waals surface area contributed by atoms with Crippen molar-refractivity contribution < 1.29 is 9.53 Å². The molecule has 0 radical (unpaired) electrons. The Bertz CT molecular complexity index is 696. The van der Waals surface area contributed by atoms with E-state index in [1.165, 1.54) is 10.6 Å². The van der Waals surface area contributed by atoms with Gasteiger partial charge in [0.15, 0.2) is 0 Å². The van der Waals surface area contributed by atoms with Crippen molar-refractivity contribution >= 4 is 17.2 Å². The first-order valence-electron chi connectivity index (χ1n) is 7.94. The summed E-state index contributed by atoms with van der Waals surface area (Å²) >= 11 is 1.70. The van der Waals surface area contributed by atoms with Gasteiger partial charge in [0.25, 0.3) is 0 Å². The summed E-state index contributed by atoms with van der Waals surface area (Å²) in [6.07, 6.45) is 3.76. The Morgan fingerprint density at radius 1 is 1.50 bits per heavy atom. The third-order valence-corrected chi connectivity index (χ3v) is 5.16. The van der Waals surface area contributed by atoms with Gasteiger partial charge in [-0.15, -0.1) is 11.3 Å². The Balaban J connectivity index is 1.63. The van der Waals surface area contributed by atoms with Crippen LogP contribution in [0.5, 0.6) is 0 Å². The number of amides is 1. The van der Waals surface area contributed by atoms with Gasteiger partial charge in [-0.05, 0) is 6.92 Å². The number of thiazole rings is 1. The number of hydrogen-bond acceptors (Lipinski definition) is 6. The number of nitrogens with zero attached hydrogens (tertiary/aromatic N) is 5. The van der Waals surface area contributed by atoms with Crippen LogP contribution in [0.4, 0.5) is 0 Å². The molecule has 2 aromatic rings. The maximum absolute atomic E-state index is 11.7. The summed E-state index contributed by atoms with van der Waals surface area (Å²) in [5, 5.41) is 0. The number of aromatic nitrogens is 3. The monoisotopic (exact) mass is 349 g/mol. The van der Waals surface area contributed by atoms with E-state index in [9.17, 15) is 4.79 Å². The fraction of sp³-hybridized carbons (Fsp3) is 0.562. The molecule has 24 heavy (non-hydrogen) atoms. The van der Waals surface area contributed by atoms with Crippen LogP contribution in [-0.2, 0) is 22.6 Å². The lowest BCUT2D eigenvalue weighted by Crippen LogP contribution is -2.39. The smallest absolute Gasteiger partial charge is 0.248 e. The van der Waals surface area contributed by atoms with E-state index in [1.54, 1.807) is 30.3 Å². The number of hydrogen-bond donors (Lipinski definition) is 0. The second-order valence-corrected chi connectivity index (χ2v) is 7.22. The van der Waals surface area contributed by atoms with E-state index < -0.39 is 0 Å². The van der Waals surface area contributed by atoms with E-state index >= 15 is 0 Å². The van der Waals surface area contributed by atoms with Crippen molar-refractivity contribution in [2.45, 2.75) is 26.1 Å². The number of carbonyl (C=O) groups excluding carboxylic acids is 1. The maximum Gasteiger partial charge on any atom is 0.248 e. The molecular formula is C16H23N5O2S. The highest BCUT2D eigenvalue weighted by Gasteiger charge is 2.26. The molecule has 1 atom stereocenters. The van der Waals surface area contributed by atoms with E-state index in [1.807, 2.05) is 25.0 Å². The van der Waals surface area contributed by atoms with Crippen LogP contribution < -0.4 is 0 Å². The molecule has 1 amide bonds. The molecular weight excluding hydrogens is 326 g/mol. The average molecular weight is 349 g/mol. The molecule has 7 nitrogen and oxygen atoms in total. The Kier molecular flexibility index (Phi) is 5.27. The van der Waals surface area contributed by atoms with Crippen LogP contribution in [0.25, 0.3) is 0 Å². The number of rotatable bonds is 6. The molecule has 0 aromatic carbocycles. The standard InChI is InChI=1S/C16H23N5O2S/c1-12-15(24-11-18-12)7-20-5-13-4-17-10-21(13)14(6-20)8-23-9-16(22)19(2)3/h4,10-11,14H,5-9H2,1-3H3. The minimum Gasteiger partial charge on any atom is -0.369 e. The molecule has 1 unspecified atom stereocenters. The quantitative estimate of drug-likeness (QED) is 0.787. The van der Waals surface area contributed by atoms with Gasteiger partial charge >= 0.3 is 0 Å². The summed E-state index contributed by atoms with van der Waals surface area (Å²) < 4.78 is 7.82. The molecule has 1 aliphatic rings. The molecule has 0 N–H and O–H groups in total. The van der Waals surface area contributed by atoms with E-state index in [0.717, 1.165) is 25.3 Å². The number of aryl methyl sites for hydroxylation is 1. The minimum atomic E-state index is -0.0196. The van der Waals surface area contributed by atoms with Crippen LogP contribution in [0.2, 0.25) is 0 Å². The van der Waals surface area contributed by atoms with Crippen LogP contribution in [0.1, 0.15) is 22.3 Å². The number of likely N-dealkylation sites (N-methyl/N-ethyl adjacent to an activating group) is 1. The Labute approximate surface area is 145 Å². The lowest BCUT2D eigenvalue weighted by atomic mass is 10.2. The first kappa shape index (κ1) is 17.1. The van der Waals surface area contributed by atoms with Gasteiger partial charge in [0.1, 0.15) is 6.61 Å². The molecule has 130 valence electrons. The van der Waals surface area contributed by atoms with Gasteiger partial charge in [-0.3, -0.25) is 9.69 Å². The predicted octanol–water partition coefficient (Wildman–Crippen LogP) is 1.31. The van der Waals surface area contributed by atoms with E-state index in [0.29, 0.717) is 6.61 Å². The zero-order chi connectivity index (χ0) is 17.1. The van der Waals surface area contributed by atoms with Crippen LogP contribution in [0, 0.1) is 6.92 Å². The first-order valence-corrected chi connectivity index (χ1v) is 8.82. The van der Waals surface area contributed by atoms with Crippen LogP contribution in [0.15, 0.2) is 18.0 Å². The zero-order valence-corrected chi connectivity index (χ0v) is 15.1. The second kappa shape index (κ2) is 7.42. The number of ether oxygens (including phenoxy) is 1. The van der Waals surface area contributed by atoms with Crippen molar-refractivity contribution in [1.82, 2.24) is 24.3 Å². The van der Waals surface area contributed by atoms with Crippen molar-refractivity contribution in [1.29, 1.82) is 0 Å². The number of imidazole rings is 1. The molecule has 0 aliphatic carbocycles. The zero-order valence-electron chi connectivity index (χ0n) is 14.3. The molecule has 0 saturated heterocycles. The van der Waals surface area contributed by atoms with E-state index in [-0.39, 0.29) is 18.6 Å². The topological polar surface area (TPSA) is 63.5 Å². The lowest BCUT2D eigenvalue weighted by molar-refractivity contribution is -0.134. The highest BCUT2D eigenvalue weighted by atomic mass is 32.1. The molecule has 0 bridgehead atoms. The molecule has 3 heterocycles. The van der Waals surface area contributed by atoms with E-state index in [2.05, 4.69) is 19.4 Å². The van der Waals surface area contributed by atoms with Crippen molar-refractivity contribution in [3.8, 4) is 0 Å². The first-order chi connectivity index (χ1) is 11.5. The van der Waals surface area contributed by atoms with Gasteiger partial charge in [-0.1, -0.05) is 0 Å². The number of fused-ring (bicyclic) bond motifs is 1. The van der Waals surface area contributed by atoms with Gasteiger partial charge in [0, 0.05) is 44.8 Å². The normalized spacial score (nSPS) is 17.7. The Hall–Kier alpha value is -1.77. The molecule has 1 aliphatic heterocycles. The molecule has 2 aromatic heterocycles. The summed E-state index contributed by atoms with van der Waals surface area (Å²) in [7, 11) is 3.47. The predicted molar refractivity (Wildman–Crippen MR) is 91.7 cm³/mol. The molecule has 0 spiro atoms. The lowest BCUT2D eigenvalue weighted by Gasteiger charge is -2.34. The van der Waals surface area contributed by atoms with Crippen molar-refractivity contribution in [3.63, 3.8) is 0 Å². The number of carbonyl (C=O) groups is 1. The molecule has 0 fully saturated rings. The second-order valence-electron chi connectivity index (χ2n) is 6.28. The third-order valence-electron chi connectivity index (χ3n) is 4.24. The summed E-state index contributed by atoms with van der Waals surface area (Å²) in [5.41, 5.74) is 4.17. The van der Waals surface area contributed by atoms with Crippen molar-refractivity contribution in [3.05, 3.63) is 34.3 Å². The highest BCUT2D eigenvalue weighted by Crippen LogP contribution is 2.24.